The normalized spacial score (nSPS) is 19.7. The van der Waals surface area contributed by atoms with E-state index in [9.17, 15) is 4.79 Å². The monoisotopic (exact) mass is 267 g/mol. The van der Waals surface area contributed by atoms with E-state index < -0.39 is 0 Å². The van der Waals surface area contributed by atoms with E-state index in [0.717, 1.165) is 25.9 Å². The molecule has 1 saturated heterocycles. The number of ketones is 1. The summed E-state index contributed by atoms with van der Waals surface area (Å²) in [4.78, 5) is 14.8. The summed E-state index contributed by atoms with van der Waals surface area (Å²) in [6.45, 7) is 16.5. The number of likely N-dealkylation sites (tertiary alicyclic amines) is 1. The first-order valence-corrected chi connectivity index (χ1v) is 7.86. The van der Waals surface area contributed by atoms with E-state index in [1.165, 1.54) is 19.4 Å². The molecule has 0 aromatic carbocycles. The Balaban J connectivity index is 2.28. The van der Waals surface area contributed by atoms with Crippen LogP contribution in [0.3, 0.4) is 0 Å². The van der Waals surface area contributed by atoms with Crippen LogP contribution in [0.4, 0.5) is 0 Å². The van der Waals surface area contributed by atoms with Gasteiger partial charge in [0.2, 0.25) is 0 Å². The van der Waals surface area contributed by atoms with E-state index in [-0.39, 0.29) is 5.41 Å². The molecular formula is C17H33NO. The summed E-state index contributed by atoms with van der Waals surface area (Å²) in [6, 6.07) is 0. The summed E-state index contributed by atoms with van der Waals surface area (Å²) in [5.41, 5.74) is 0.277. The summed E-state index contributed by atoms with van der Waals surface area (Å²) in [5, 5.41) is 0. The van der Waals surface area contributed by atoms with Gasteiger partial charge in [-0.05, 0) is 50.7 Å². The Hall–Kier alpha value is -0.370. The number of carbonyl (C=O) groups excluding carboxylic acids is 1. The van der Waals surface area contributed by atoms with Crippen LogP contribution in [0.15, 0.2) is 0 Å². The fourth-order valence-electron chi connectivity index (χ4n) is 2.86. The fraction of sp³-hybridized carbons (Fsp3) is 0.941. The molecule has 2 nitrogen and oxygen atoms in total. The molecule has 112 valence electrons. The van der Waals surface area contributed by atoms with Crippen molar-refractivity contribution in [1.82, 2.24) is 4.90 Å². The van der Waals surface area contributed by atoms with E-state index >= 15 is 0 Å². The summed E-state index contributed by atoms with van der Waals surface area (Å²) in [7, 11) is 0. The van der Waals surface area contributed by atoms with Gasteiger partial charge in [0.25, 0.3) is 0 Å². The first kappa shape index (κ1) is 16.7. The van der Waals surface area contributed by atoms with Gasteiger partial charge in [0.05, 0.1) is 0 Å². The van der Waals surface area contributed by atoms with Crippen LogP contribution in [-0.4, -0.2) is 30.3 Å². The fourth-order valence-corrected chi connectivity index (χ4v) is 2.86. The highest BCUT2D eigenvalue weighted by Crippen LogP contribution is 2.28. The van der Waals surface area contributed by atoms with Crippen molar-refractivity contribution in [2.45, 2.75) is 67.2 Å². The number of piperidine rings is 1. The number of hydrogen-bond acceptors (Lipinski definition) is 2. The molecule has 2 heteroatoms. The van der Waals surface area contributed by atoms with E-state index in [2.05, 4.69) is 25.7 Å². The molecule has 0 spiro atoms. The molecule has 0 amide bonds. The van der Waals surface area contributed by atoms with Gasteiger partial charge in [-0.3, -0.25) is 4.79 Å². The Morgan fingerprint density at radius 1 is 1.05 bits per heavy atom. The van der Waals surface area contributed by atoms with E-state index in [4.69, 9.17) is 0 Å². The minimum Gasteiger partial charge on any atom is -0.303 e. The van der Waals surface area contributed by atoms with Crippen molar-refractivity contribution in [3.8, 4) is 0 Å². The lowest BCUT2D eigenvalue weighted by Gasteiger charge is -2.34. The van der Waals surface area contributed by atoms with Crippen LogP contribution in [0, 0.1) is 16.7 Å². The summed E-state index contributed by atoms with van der Waals surface area (Å²) in [5.74, 6) is 0.765. The van der Waals surface area contributed by atoms with Crippen LogP contribution in [0.1, 0.15) is 67.2 Å². The third-order valence-corrected chi connectivity index (χ3v) is 4.10. The average molecular weight is 267 g/mol. The molecule has 0 aromatic heterocycles. The number of Topliss-reactive ketones (excluding diaryl/α,β-unsaturated/α-hetero) is 1. The first-order chi connectivity index (χ1) is 8.59. The Kier molecular flexibility index (Phi) is 5.61. The molecule has 1 aliphatic rings. The second kappa shape index (κ2) is 6.39. The van der Waals surface area contributed by atoms with E-state index in [0.29, 0.717) is 17.1 Å². The lowest BCUT2D eigenvalue weighted by molar-refractivity contribution is -0.131. The molecule has 0 radical (unpaired) electrons. The third kappa shape index (κ3) is 6.07. The van der Waals surface area contributed by atoms with Gasteiger partial charge in [0, 0.05) is 11.3 Å². The largest absolute Gasteiger partial charge is 0.303 e. The number of nitrogens with zero attached hydrogens (tertiary/aromatic N) is 1. The minimum atomic E-state index is -0.168. The van der Waals surface area contributed by atoms with Gasteiger partial charge < -0.3 is 4.90 Å². The number of hydrogen-bond donors (Lipinski definition) is 0. The van der Waals surface area contributed by atoms with Gasteiger partial charge >= 0.3 is 0 Å². The van der Waals surface area contributed by atoms with Crippen molar-refractivity contribution in [1.29, 1.82) is 0 Å². The molecule has 0 bridgehead atoms. The molecule has 0 N–H and O–H groups in total. The topological polar surface area (TPSA) is 20.3 Å². The Labute approximate surface area is 119 Å². The van der Waals surface area contributed by atoms with Gasteiger partial charge in [-0.1, -0.05) is 41.5 Å². The van der Waals surface area contributed by atoms with Crippen molar-refractivity contribution in [2.24, 2.45) is 16.7 Å². The number of rotatable bonds is 4. The van der Waals surface area contributed by atoms with Crippen molar-refractivity contribution >= 4 is 5.78 Å². The van der Waals surface area contributed by atoms with E-state index in [1.54, 1.807) is 0 Å². The third-order valence-electron chi connectivity index (χ3n) is 4.10. The lowest BCUT2D eigenvalue weighted by Crippen LogP contribution is -2.40. The van der Waals surface area contributed by atoms with Crippen LogP contribution >= 0.6 is 0 Å². The quantitative estimate of drug-likeness (QED) is 0.763. The van der Waals surface area contributed by atoms with Crippen LogP contribution in [0.25, 0.3) is 0 Å². The maximum Gasteiger partial charge on any atom is 0.141 e. The van der Waals surface area contributed by atoms with E-state index in [1.807, 2.05) is 20.8 Å². The molecule has 1 heterocycles. The average Bonchev–Trinajstić information content (AvgIpc) is 2.26. The molecule has 1 rings (SSSR count). The molecule has 0 unspecified atom stereocenters. The maximum atomic E-state index is 12.3. The standard InChI is InChI=1S/C17H33NO/c1-16(2,3)10-7-11-18-12-8-14(9-13-18)15(19)17(4,5)6/h14H,7-13H2,1-6H3. The second-order valence-corrected chi connectivity index (χ2v) is 8.39. The lowest BCUT2D eigenvalue weighted by atomic mass is 9.79. The molecule has 1 aliphatic heterocycles. The minimum absolute atomic E-state index is 0.168. The van der Waals surface area contributed by atoms with Gasteiger partial charge in [-0.15, -0.1) is 0 Å². The zero-order chi connectivity index (χ0) is 14.7. The van der Waals surface area contributed by atoms with Crippen LogP contribution < -0.4 is 0 Å². The molecule has 1 fully saturated rings. The summed E-state index contributed by atoms with van der Waals surface area (Å²) < 4.78 is 0. The molecular weight excluding hydrogens is 234 g/mol. The van der Waals surface area contributed by atoms with Crippen molar-refractivity contribution in [3.05, 3.63) is 0 Å². The van der Waals surface area contributed by atoms with Crippen molar-refractivity contribution in [3.63, 3.8) is 0 Å². The second-order valence-electron chi connectivity index (χ2n) is 8.39. The predicted octanol–water partition coefficient (Wildman–Crippen LogP) is 4.14. The maximum absolute atomic E-state index is 12.3. The summed E-state index contributed by atoms with van der Waals surface area (Å²) >= 11 is 0. The van der Waals surface area contributed by atoms with Gasteiger partial charge in [0.15, 0.2) is 0 Å². The zero-order valence-electron chi connectivity index (χ0n) is 13.9. The van der Waals surface area contributed by atoms with Crippen LogP contribution in [0.2, 0.25) is 0 Å². The summed E-state index contributed by atoms with van der Waals surface area (Å²) in [6.07, 6.45) is 4.69. The van der Waals surface area contributed by atoms with Gasteiger partial charge in [0.1, 0.15) is 5.78 Å². The van der Waals surface area contributed by atoms with Gasteiger partial charge in [-0.2, -0.15) is 0 Å². The van der Waals surface area contributed by atoms with Crippen molar-refractivity contribution in [2.75, 3.05) is 19.6 Å². The smallest absolute Gasteiger partial charge is 0.141 e. The van der Waals surface area contributed by atoms with Crippen LogP contribution in [0.5, 0.6) is 0 Å². The Bertz CT molecular complexity index is 287. The van der Waals surface area contributed by atoms with Gasteiger partial charge in [-0.25, -0.2) is 0 Å². The highest BCUT2D eigenvalue weighted by atomic mass is 16.1. The first-order valence-electron chi connectivity index (χ1n) is 7.86. The highest BCUT2D eigenvalue weighted by Gasteiger charge is 2.31. The SMILES string of the molecule is CC(C)(C)CCCN1CCC(C(=O)C(C)(C)C)CC1. The Morgan fingerprint density at radius 2 is 1.58 bits per heavy atom. The molecule has 0 aliphatic carbocycles. The predicted molar refractivity (Wildman–Crippen MR) is 82.3 cm³/mol. The molecule has 0 saturated carbocycles. The van der Waals surface area contributed by atoms with Crippen LogP contribution in [-0.2, 0) is 4.79 Å². The Morgan fingerprint density at radius 3 is 2.00 bits per heavy atom. The van der Waals surface area contributed by atoms with Crippen molar-refractivity contribution < 1.29 is 4.79 Å². The molecule has 19 heavy (non-hydrogen) atoms. The zero-order valence-corrected chi connectivity index (χ0v) is 13.9. The highest BCUT2D eigenvalue weighted by molar-refractivity contribution is 5.86. The molecule has 0 atom stereocenters. The number of carbonyl (C=O) groups is 1. The molecule has 0 aromatic rings.